The molecule has 152 valence electrons. The van der Waals surface area contributed by atoms with Gasteiger partial charge in [-0.3, -0.25) is 9.59 Å². The summed E-state index contributed by atoms with van der Waals surface area (Å²) in [5.41, 5.74) is -1.55. The first-order chi connectivity index (χ1) is 12.8. The highest BCUT2D eigenvalue weighted by Gasteiger charge is 2.52. The van der Waals surface area contributed by atoms with Crippen molar-refractivity contribution < 1.29 is 32.1 Å². The predicted molar refractivity (Wildman–Crippen MR) is 99.6 cm³/mol. The van der Waals surface area contributed by atoms with E-state index in [-0.39, 0.29) is 23.6 Å². The molecule has 0 atom stereocenters. The molecule has 0 spiro atoms. The van der Waals surface area contributed by atoms with Crippen LogP contribution in [0.5, 0.6) is 0 Å². The third kappa shape index (κ3) is 4.83. The van der Waals surface area contributed by atoms with Gasteiger partial charge in [-0.1, -0.05) is 12.1 Å². The van der Waals surface area contributed by atoms with Crippen molar-refractivity contribution in [2.75, 3.05) is 6.54 Å². The molecule has 0 aromatic heterocycles. The summed E-state index contributed by atoms with van der Waals surface area (Å²) in [4.78, 5) is 22.7. The average Bonchev–Trinajstić information content (AvgIpc) is 2.78. The fourth-order valence-electron chi connectivity index (χ4n) is 2.61. The van der Waals surface area contributed by atoms with E-state index < -0.39 is 30.1 Å². The molecule has 2 rings (SSSR count). The first-order valence-corrected chi connectivity index (χ1v) is 8.74. The number of nitrogens with one attached hydrogen (secondary N) is 1. The molecule has 1 aliphatic rings. The van der Waals surface area contributed by atoms with Crippen LogP contribution in [0.3, 0.4) is 0 Å². The van der Waals surface area contributed by atoms with Gasteiger partial charge in [0, 0.05) is 19.0 Å². The number of hydrogen-bond donors (Lipinski definition) is 1. The van der Waals surface area contributed by atoms with Crippen LogP contribution in [0.25, 0.3) is 6.08 Å². The summed E-state index contributed by atoms with van der Waals surface area (Å²) in [7, 11) is -0.821. The van der Waals surface area contributed by atoms with Crippen molar-refractivity contribution in [3.8, 4) is 0 Å². The summed E-state index contributed by atoms with van der Waals surface area (Å²) in [6, 6.07) is 2.91. The molecular formula is C19H23BF3NO4. The molecule has 0 radical (unpaired) electrons. The number of amides is 1. The van der Waals surface area contributed by atoms with E-state index in [0.29, 0.717) is 11.8 Å². The molecule has 9 heteroatoms. The Labute approximate surface area is 162 Å². The Morgan fingerprint density at radius 3 is 2.18 bits per heavy atom. The molecule has 1 aliphatic heterocycles. The molecule has 1 fully saturated rings. The Bertz CT molecular complexity index is 787. The number of aldehydes is 1. The van der Waals surface area contributed by atoms with Gasteiger partial charge in [0.1, 0.15) is 0 Å². The third-order valence-corrected chi connectivity index (χ3v) is 4.98. The number of benzene rings is 1. The SMILES string of the molecule is CC(=O)NCC(=Cc1ccc(C(F)(F)F)cc1C=O)B1OC(C)(C)C(C)(C)O1. The third-order valence-electron chi connectivity index (χ3n) is 4.98. The molecule has 0 unspecified atom stereocenters. The van der Waals surface area contributed by atoms with Gasteiger partial charge >= 0.3 is 13.3 Å². The highest BCUT2D eigenvalue weighted by molar-refractivity contribution is 6.56. The van der Waals surface area contributed by atoms with Gasteiger partial charge in [0.2, 0.25) is 5.91 Å². The van der Waals surface area contributed by atoms with Gasteiger partial charge in [0.25, 0.3) is 0 Å². The van der Waals surface area contributed by atoms with Crippen LogP contribution < -0.4 is 5.32 Å². The Kier molecular flexibility index (Phi) is 6.11. The first kappa shape index (κ1) is 22.2. The van der Waals surface area contributed by atoms with E-state index in [1.165, 1.54) is 19.1 Å². The van der Waals surface area contributed by atoms with Gasteiger partial charge in [0.15, 0.2) is 6.29 Å². The Morgan fingerprint density at radius 1 is 1.14 bits per heavy atom. The molecule has 28 heavy (non-hydrogen) atoms. The lowest BCUT2D eigenvalue weighted by Crippen LogP contribution is -2.41. The number of rotatable bonds is 5. The van der Waals surface area contributed by atoms with Gasteiger partial charge in [-0.25, -0.2) is 0 Å². The van der Waals surface area contributed by atoms with Gasteiger partial charge in [-0.15, -0.1) is 0 Å². The van der Waals surface area contributed by atoms with Crippen molar-refractivity contribution in [2.24, 2.45) is 0 Å². The highest BCUT2D eigenvalue weighted by Crippen LogP contribution is 2.39. The second-order valence-electron chi connectivity index (χ2n) is 7.68. The van der Waals surface area contributed by atoms with E-state index in [4.69, 9.17) is 9.31 Å². The molecule has 0 saturated carbocycles. The minimum atomic E-state index is -4.55. The van der Waals surface area contributed by atoms with Crippen LogP contribution in [0, 0.1) is 0 Å². The second kappa shape index (κ2) is 7.71. The summed E-state index contributed by atoms with van der Waals surface area (Å²) in [5.74, 6) is -0.287. The van der Waals surface area contributed by atoms with Crippen LogP contribution in [-0.2, 0) is 20.3 Å². The Morgan fingerprint density at radius 2 is 1.71 bits per heavy atom. The van der Waals surface area contributed by atoms with Crippen LogP contribution in [-0.4, -0.2) is 37.1 Å². The summed E-state index contributed by atoms with van der Waals surface area (Å²) in [6.07, 6.45) is -2.67. The Hall–Kier alpha value is -2.13. The van der Waals surface area contributed by atoms with Crippen LogP contribution in [0.2, 0.25) is 0 Å². The van der Waals surface area contributed by atoms with Crippen LogP contribution in [0.4, 0.5) is 13.2 Å². The number of halogens is 3. The standard InChI is InChI=1S/C19H23BF3NO4/c1-12(26)24-10-16(20-27-17(2,3)18(4,5)28-20)9-13-6-7-15(19(21,22)23)8-14(13)11-25/h6-9,11H,10H2,1-5H3,(H,24,26). The first-order valence-electron chi connectivity index (χ1n) is 8.74. The summed E-state index contributed by atoms with van der Waals surface area (Å²) >= 11 is 0. The van der Waals surface area contributed by atoms with Crippen LogP contribution in [0.15, 0.2) is 23.7 Å². The zero-order chi connectivity index (χ0) is 21.3. The fraction of sp³-hybridized carbons (Fsp3) is 0.474. The molecule has 1 heterocycles. The van der Waals surface area contributed by atoms with Crippen molar-refractivity contribution in [2.45, 2.75) is 52.0 Å². The van der Waals surface area contributed by atoms with Crippen molar-refractivity contribution in [1.82, 2.24) is 5.32 Å². The van der Waals surface area contributed by atoms with E-state index >= 15 is 0 Å². The quantitative estimate of drug-likeness (QED) is 0.609. The largest absolute Gasteiger partial charge is 0.492 e. The summed E-state index contributed by atoms with van der Waals surface area (Å²) < 4.78 is 50.7. The van der Waals surface area contributed by atoms with Crippen LogP contribution in [0.1, 0.15) is 56.1 Å². The van der Waals surface area contributed by atoms with Gasteiger partial charge in [0.05, 0.1) is 16.8 Å². The van der Waals surface area contributed by atoms with Crippen molar-refractivity contribution >= 4 is 25.4 Å². The van der Waals surface area contributed by atoms with Gasteiger partial charge in [-0.05, 0) is 50.9 Å². The van der Waals surface area contributed by atoms with E-state index in [2.05, 4.69) is 5.32 Å². The molecule has 0 aliphatic carbocycles. The summed E-state index contributed by atoms with van der Waals surface area (Å²) in [6.45, 7) is 8.84. The van der Waals surface area contributed by atoms with Crippen LogP contribution >= 0.6 is 0 Å². The van der Waals surface area contributed by atoms with Crippen molar-refractivity contribution in [3.63, 3.8) is 0 Å². The molecule has 1 amide bonds. The molecule has 1 aromatic rings. The molecule has 1 saturated heterocycles. The maximum Gasteiger partial charge on any atom is 0.492 e. The lowest BCUT2D eigenvalue weighted by atomic mass is 9.76. The lowest BCUT2D eigenvalue weighted by Gasteiger charge is -2.32. The zero-order valence-corrected chi connectivity index (χ0v) is 16.4. The molecular weight excluding hydrogens is 374 g/mol. The minimum Gasteiger partial charge on any atom is -0.400 e. The van der Waals surface area contributed by atoms with E-state index in [1.807, 2.05) is 27.7 Å². The highest BCUT2D eigenvalue weighted by atomic mass is 19.4. The smallest absolute Gasteiger partial charge is 0.400 e. The summed E-state index contributed by atoms with van der Waals surface area (Å²) in [5, 5.41) is 2.64. The number of alkyl halides is 3. The van der Waals surface area contributed by atoms with E-state index in [9.17, 15) is 22.8 Å². The lowest BCUT2D eigenvalue weighted by molar-refractivity contribution is -0.137. The topological polar surface area (TPSA) is 64.6 Å². The number of hydrogen-bond acceptors (Lipinski definition) is 4. The van der Waals surface area contributed by atoms with Crippen molar-refractivity contribution in [3.05, 3.63) is 40.4 Å². The minimum absolute atomic E-state index is 0.0610. The van der Waals surface area contributed by atoms with Gasteiger partial charge in [-0.2, -0.15) is 13.2 Å². The molecule has 0 bridgehead atoms. The maximum atomic E-state index is 12.9. The Balaban J connectivity index is 2.45. The number of carbonyl (C=O) groups is 2. The molecule has 5 nitrogen and oxygen atoms in total. The van der Waals surface area contributed by atoms with E-state index in [0.717, 1.165) is 12.1 Å². The van der Waals surface area contributed by atoms with E-state index in [1.54, 1.807) is 0 Å². The predicted octanol–water partition coefficient (Wildman–Crippen LogP) is 3.67. The monoisotopic (exact) mass is 397 g/mol. The van der Waals surface area contributed by atoms with Crippen molar-refractivity contribution in [1.29, 1.82) is 0 Å². The second-order valence-corrected chi connectivity index (χ2v) is 7.68. The molecule has 1 aromatic carbocycles. The average molecular weight is 397 g/mol. The maximum absolute atomic E-state index is 12.9. The van der Waals surface area contributed by atoms with Gasteiger partial charge < -0.3 is 14.6 Å². The molecule has 1 N–H and O–H groups in total. The number of carbonyl (C=O) groups excluding carboxylic acids is 2. The fourth-order valence-corrected chi connectivity index (χ4v) is 2.61. The normalized spacial score (nSPS) is 18.9. The zero-order valence-electron chi connectivity index (χ0n) is 16.4.